The van der Waals surface area contributed by atoms with Crippen LogP contribution in [0, 0.1) is 17.2 Å². The van der Waals surface area contributed by atoms with E-state index in [1.165, 1.54) is 0 Å². The number of carbonyl (C=O) groups excluding carboxylic acids is 1. The van der Waals surface area contributed by atoms with Crippen molar-refractivity contribution in [1.29, 1.82) is 5.26 Å². The number of rotatable bonds is 5. The number of carbonyl (C=O) groups is 1. The molecular formula is C11H17NO3. The lowest BCUT2D eigenvalue weighted by atomic mass is 10.2. The molecule has 0 rings (SSSR count). The average molecular weight is 211 g/mol. The lowest BCUT2D eigenvalue weighted by Gasteiger charge is -2.08. The van der Waals surface area contributed by atoms with Crippen LogP contribution >= 0.6 is 0 Å². The molecule has 4 heteroatoms. The summed E-state index contributed by atoms with van der Waals surface area (Å²) in [7, 11) is 0. The molecule has 0 atom stereocenters. The summed E-state index contributed by atoms with van der Waals surface area (Å²) in [6.45, 7) is 7.96. The third kappa shape index (κ3) is 5.06. The van der Waals surface area contributed by atoms with Crippen molar-refractivity contribution < 1.29 is 14.3 Å². The van der Waals surface area contributed by atoms with Crippen LogP contribution in [0.15, 0.2) is 11.3 Å². The Bertz CT molecular complexity index is 287. The van der Waals surface area contributed by atoms with Gasteiger partial charge >= 0.3 is 5.97 Å². The molecule has 0 spiro atoms. The maximum Gasteiger partial charge on any atom is 0.352 e. The third-order valence-corrected chi connectivity index (χ3v) is 1.58. The van der Waals surface area contributed by atoms with Crippen LogP contribution in [-0.4, -0.2) is 19.2 Å². The van der Waals surface area contributed by atoms with E-state index >= 15 is 0 Å². The number of hydrogen-bond donors (Lipinski definition) is 0. The van der Waals surface area contributed by atoms with Gasteiger partial charge < -0.3 is 9.47 Å². The van der Waals surface area contributed by atoms with Gasteiger partial charge in [0.15, 0.2) is 5.57 Å². The van der Waals surface area contributed by atoms with Crippen LogP contribution in [0.5, 0.6) is 0 Å². The van der Waals surface area contributed by atoms with E-state index in [0.717, 1.165) is 0 Å². The van der Waals surface area contributed by atoms with Crippen molar-refractivity contribution in [2.75, 3.05) is 13.2 Å². The van der Waals surface area contributed by atoms with Crippen LogP contribution in [0.3, 0.4) is 0 Å². The van der Waals surface area contributed by atoms with E-state index in [1.807, 2.05) is 13.8 Å². The Kier molecular flexibility index (Phi) is 6.19. The summed E-state index contributed by atoms with van der Waals surface area (Å²) in [6, 6.07) is 1.79. The molecule has 0 unspecified atom stereocenters. The van der Waals surface area contributed by atoms with Gasteiger partial charge in [0, 0.05) is 0 Å². The highest BCUT2D eigenvalue weighted by atomic mass is 16.5. The molecular weight excluding hydrogens is 194 g/mol. The zero-order valence-electron chi connectivity index (χ0n) is 9.66. The molecule has 0 aliphatic rings. The number of nitrogens with zero attached hydrogens (tertiary/aromatic N) is 1. The van der Waals surface area contributed by atoms with Gasteiger partial charge in [-0.1, -0.05) is 13.8 Å². The van der Waals surface area contributed by atoms with Crippen molar-refractivity contribution in [1.82, 2.24) is 0 Å². The van der Waals surface area contributed by atoms with Crippen LogP contribution in [0.4, 0.5) is 0 Å². The highest BCUT2D eigenvalue weighted by Crippen LogP contribution is 2.08. The maximum absolute atomic E-state index is 11.4. The van der Waals surface area contributed by atoms with Crippen LogP contribution in [0.1, 0.15) is 27.7 Å². The maximum atomic E-state index is 11.4. The minimum Gasteiger partial charge on any atom is -0.497 e. The third-order valence-electron chi connectivity index (χ3n) is 1.58. The average Bonchev–Trinajstić information content (AvgIpc) is 2.16. The Hall–Kier alpha value is -1.50. The van der Waals surface area contributed by atoms with Gasteiger partial charge in [0.1, 0.15) is 11.8 Å². The lowest BCUT2D eigenvalue weighted by molar-refractivity contribution is -0.139. The number of hydrogen-bond acceptors (Lipinski definition) is 4. The Morgan fingerprint density at radius 1 is 1.40 bits per heavy atom. The Morgan fingerprint density at radius 3 is 2.40 bits per heavy atom. The molecule has 0 heterocycles. The Balaban J connectivity index is 4.49. The molecule has 0 fully saturated rings. The first-order chi connectivity index (χ1) is 7.02. The summed E-state index contributed by atoms with van der Waals surface area (Å²) in [4.78, 5) is 11.4. The summed E-state index contributed by atoms with van der Waals surface area (Å²) < 4.78 is 10.0. The first-order valence-corrected chi connectivity index (χ1v) is 4.93. The molecule has 0 aliphatic heterocycles. The summed E-state index contributed by atoms with van der Waals surface area (Å²) in [6.07, 6.45) is 0. The second-order valence-electron chi connectivity index (χ2n) is 3.47. The van der Waals surface area contributed by atoms with Crippen LogP contribution in [0.2, 0.25) is 0 Å². The molecule has 0 radical (unpaired) electrons. The summed E-state index contributed by atoms with van der Waals surface area (Å²) in [5.74, 6) is -0.0489. The van der Waals surface area contributed by atoms with E-state index in [-0.39, 0.29) is 11.5 Å². The zero-order valence-corrected chi connectivity index (χ0v) is 9.66. The Morgan fingerprint density at radius 2 is 2.00 bits per heavy atom. The second-order valence-corrected chi connectivity index (χ2v) is 3.47. The smallest absolute Gasteiger partial charge is 0.352 e. The van der Waals surface area contributed by atoms with E-state index in [1.54, 1.807) is 19.9 Å². The van der Waals surface area contributed by atoms with E-state index in [0.29, 0.717) is 19.0 Å². The molecule has 0 bridgehead atoms. The number of ether oxygens (including phenoxy) is 2. The van der Waals surface area contributed by atoms with Gasteiger partial charge in [0.25, 0.3) is 0 Å². The van der Waals surface area contributed by atoms with Gasteiger partial charge in [0.05, 0.1) is 13.2 Å². The van der Waals surface area contributed by atoms with Gasteiger partial charge in [0.2, 0.25) is 0 Å². The predicted octanol–water partition coefficient (Wildman–Crippen LogP) is 2.02. The van der Waals surface area contributed by atoms with Crippen molar-refractivity contribution in [3.8, 4) is 6.07 Å². The van der Waals surface area contributed by atoms with Gasteiger partial charge in [-0.25, -0.2) is 4.79 Å². The van der Waals surface area contributed by atoms with Crippen molar-refractivity contribution in [3.05, 3.63) is 11.3 Å². The highest BCUT2D eigenvalue weighted by molar-refractivity contribution is 5.93. The number of nitriles is 1. The van der Waals surface area contributed by atoms with Crippen molar-refractivity contribution in [2.45, 2.75) is 27.7 Å². The summed E-state index contributed by atoms with van der Waals surface area (Å²) in [5.41, 5.74) is -0.0579. The number of allylic oxidation sites excluding steroid dienone is 1. The summed E-state index contributed by atoms with van der Waals surface area (Å²) in [5, 5.41) is 8.77. The van der Waals surface area contributed by atoms with Gasteiger partial charge in [-0.2, -0.15) is 5.26 Å². The standard InChI is InChI=1S/C11H17NO3/c1-5-14-9(4)10(6-12)11(13)15-7-8(2)3/h8H,5,7H2,1-4H3. The normalized spacial score (nSPS) is 11.7. The van der Waals surface area contributed by atoms with Gasteiger partial charge in [-0.05, 0) is 19.8 Å². The second kappa shape index (κ2) is 6.88. The highest BCUT2D eigenvalue weighted by Gasteiger charge is 2.15. The first-order valence-electron chi connectivity index (χ1n) is 4.93. The molecule has 84 valence electrons. The van der Waals surface area contributed by atoms with Crippen LogP contribution in [-0.2, 0) is 14.3 Å². The largest absolute Gasteiger partial charge is 0.497 e. The molecule has 0 N–H and O–H groups in total. The molecule has 0 aliphatic carbocycles. The van der Waals surface area contributed by atoms with Crippen molar-refractivity contribution in [2.24, 2.45) is 5.92 Å². The van der Waals surface area contributed by atoms with Crippen molar-refractivity contribution >= 4 is 5.97 Å². The lowest BCUT2D eigenvalue weighted by Crippen LogP contribution is -2.13. The minimum absolute atomic E-state index is 0.0579. The minimum atomic E-state index is -0.614. The molecule has 0 aromatic rings. The van der Waals surface area contributed by atoms with Gasteiger partial charge in [-0.15, -0.1) is 0 Å². The van der Waals surface area contributed by atoms with Crippen LogP contribution in [0.25, 0.3) is 0 Å². The molecule has 0 saturated carbocycles. The first kappa shape index (κ1) is 13.5. The van der Waals surface area contributed by atoms with Crippen LogP contribution < -0.4 is 0 Å². The molecule has 0 aromatic carbocycles. The van der Waals surface area contributed by atoms with E-state index in [4.69, 9.17) is 14.7 Å². The van der Waals surface area contributed by atoms with Gasteiger partial charge in [-0.3, -0.25) is 0 Å². The molecule has 0 saturated heterocycles. The van der Waals surface area contributed by atoms with E-state index < -0.39 is 5.97 Å². The van der Waals surface area contributed by atoms with Crippen molar-refractivity contribution in [3.63, 3.8) is 0 Å². The molecule has 0 amide bonds. The monoisotopic (exact) mass is 211 g/mol. The topological polar surface area (TPSA) is 59.3 Å². The summed E-state index contributed by atoms with van der Waals surface area (Å²) >= 11 is 0. The van der Waals surface area contributed by atoms with E-state index in [2.05, 4.69) is 0 Å². The predicted molar refractivity (Wildman–Crippen MR) is 55.7 cm³/mol. The molecule has 15 heavy (non-hydrogen) atoms. The van der Waals surface area contributed by atoms with E-state index in [9.17, 15) is 4.79 Å². The Labute approximate surface area is 90.5 Å². The fourth-order valence-electron chi connectivity index (χ4n) is 0.871. The zero-order chi connectivity index (χ0) is 11.8. The molecule has 4 nitrogen and oxygen atoms in total. The fourth-order valence-corrected chi connectivity index (χ4v) is 0.871. The quantitative estimate of drug-likeness (QED) is 0.302. The molecule has 0 aromatic heterocycles. The number of esters is 1. The SMILES string of the molecule is CCOC(C)=C(C#N)C(=O)OCC(C)C. The fraction of sp³-hybridized carbons (Fsp3) is 0.636.